The van der Waals surface area contributed by atoms with Crippen molar-refractivity contribution in [3.63, 3.8) is 0 Å². The number of urea groups is 1. The van der Waals surface area contributed by atoms with Crippen molar-refractivity contribution in [1.29, 1.82) is 0 Å². The molecule has 1 atom stereocenters. The number of para-hydroxylation sites is 2. The third-order valence-corrected chi connectivity index (χ3v) is 4.85. The minimum Gasteiger partial charge on any atom is -0.486 e. The Morgan fingerprint density at radius 3 is 2.62 bits per heavy atom. The first-order valence-electron chi connectivity index (χ1n) is 8.78. The van der Waals surface area contributed by atoms with Crippen molar-refractivity contribution < 1.29 is 23.9 Å². The topological polar surface area (TPSA) is 97.0 Å². The molecule has 8 heteroatoms. The van der Waals surface area contributed by atoms with Crippen LogP contribution in [-0.2, 0) is 9.59 Å². The Bertz CT molecular complexity index is 717. The van der Waals surface area contributed by atoms with Gasteiger partial charge in [0, 0.05) is 0 Å². The minimum atomic E-state index is -0.901. The first kappa shape index (κ1) is 18.0. The molecular weight excluding hydrogens is 338 g/mol. The molecule has 1 aromatic carbocycles. The number of carbonyl (C=O) groups excluding carboxylic acids is 3. The average molecular weight is 361 g/mol. The number of imide groups is 1. The molecule has 1 saturated heterocycles. The van der Waals surface area contributed by atoms with Crippen molar-refractivity contribution in [2.45, 2.75) is 38.3 Å². The van der Waals surface area contributed by atoms with Crippen molar-refractivity contribution >= 4 is 17.8 Å². The lowest BCUT2D eigenvalue weighted by Gasteiger charge is -2.26. The molecule has 0 aliphatic carbocycles. The average Bonchev–Trinajstić information content (AvgIpc) is 2.91. The molecule has 0 aromatic heterocycles. The molecule has 8 nitrogen and oxygen atoms in total. The van der Waals surface area contributed by atoms with E-state index in [1.807, 2.05) is 32.0 Å². The van der Waals surface area contributed by atoms with Crippen LogP contribution in [0.3, 0.4) is 0 Å². The molecule has 0 bridgehead atoms. The molecule has 1 aromatic rings. The standard InChI is InChI=1S/C18H23N3O5/c1-3-18(4-2)16(23)21(17(24)20-18)10-15(22)19-9-12-11-25-13-7-5-6-8-14(13)26-12/h5-8,12H,3-4,9-11H2,1-2H3,(H,19,22)(H,20,24). The summed E-state index contributed by atoms with van der Waals surface area (Å²) in [6.07, 6.45) is 0.639. The van der Waals surface area contributed by atoms with Gasteiger partial charge in [0.05, 0.1) is 6.54 Å². The van der Waals surface area contributed by atoms with Gasteiger partial charge >= 0.3 is 6.03 Å². The Kier molecular flexibility index (Phi) is 5.01. The maximum atomic E-state index is 12.5. The van der Waals surface area contributed by atoms with E-state index in [-0.39, 0.29) is 25.1 Å². The number of ether oxygens (including phenoxy) is 2. The first-order chi connectivity index (χ1) is 12.5. The molecule has 2 N–H and O–H groups in total. The van der Waals surface area contributed by atoms with E-state index in [0.29, 0.717) is 30.9 Å². The van der Waals surface area contributed by atoms with Crippen LogP contribution in [0, 0.1) is 0 Å². The molecule has 2 heterocycles. The van der Waals surface area contributed by atoms with Crippen molar-refractivity contribution in [3.05, 3.63) is 24.3 Å². The number of nitrogens with one attached hydrogen (secondary N) is 2. The largest absolute Gasteiger partial charge is 0.486 e. The van der Waals surface area contributed by atoms with Crippen molar-refractivity contribution in [2.24, 2.45) is 0 Å². The summed E-state index contributed by atoms with van der Waals surface area (Å²) in [6, 6.07) is 6.78. The molecule has 4 amide bonds. The van der Waals surface area contributed by atoms with Crippen molar-refractivity contribution in [3.8, 4) is 11.5 Å². The number of hydrogen-bond donors (Lipinski definition) is 2. The molecule has 3 rings (SSSR count). The number of hydrogen-bond acceptors (Lipinski definition) is 5. The van der Waals surface area contributed by atoms with Crippen LogP contribution in [-0.4, -0.2) is 54.1 Å². The van der Waals surface area contributed by atoms with Crippen LogP contribution in [0.25, 0.3) is 0 Å². The normalized spacial score (nSPS) is 20.7. The lowest BCUT2D eigenvalue weighted by atomic mass is 9.93. The highest BCUT2D eigenvalue weighted by Gasteiger charge is 2.49. The van der Waals surface area contributed by atoms with Gasteiger partial charge in [-0.2, -0.15) is 0 Å². The van der Waals surface area contributed by atoms with E-state index in [1.54, 1.807) is 6.07 Å². The highest BCUT2D eigenvalue weighted by Crippen LogP contribution is 2.30. The number of fused-ring (bicyclic) bond motifs is 1. The van der Waals surface area contributed by atoms with Crippen LogP contribution in [0.1, 0.15) is 26.7 Å². The number of nitrogens with zero attached hydrogens (tertiary/aromatic N) is 1. The van der Waals surface area contributed by atoms with Gasteiger partial charge in [-0.15, -0.1) is 0 Å². The number of amides is 4. The van der Waals surface area contributed by atoms with Gasteiger partial charge < -0.3 is 20.1 Å². The molecule has 0 radical (unpaired) electrons. The highest BCUT2D eigenvalue weighted by molar-refractivity contribution is 6.08. The second kappa shape index (κ2) is 7.23. The van der Waals surface area contributed by atoms with Crippen molar-refractivity contribution in [2.75, 3.05) is 19.7 Å². The predicted molar refractivity (Wildman–Crippen MR) is 92.9 cm³/mol. The minimum absolute atomic E-state index is 0.226. The summed E-state index contributed by atoms with van der Waals surface area (Å²) >= 11 is 0. The van der Waals surface area contributed by atoms with Crippen LogP contribution in [0.2, 0.25) is 0 Å². The van der Waals surface area contributed by atoms with E-state index in [9.17, 15) is 14.4 Å². The smallest absolute Gasteiger partial charge is 0.325 e. The monoisotopic (exact) mass is 361 g/mol. The third-order valence-electron chi connectivity index (χ3n) is 4.85. The lowest BCUT2D eigenvalue weighted by molar-refractivity contribution is -0.135. The zero-order valence-electron chi connectivity index (χ0n) is 14.9. The van der Waals surface area contributed by atoms with Crippen molar-refractivity contribution in [1.82, 2.24) is 15.5 Å². The van der Waals surface area contributed by atoms with E-state index in [0.717, 1.165) is 4.90 Å². The van der Waals surface area contributed by atoms with Gasteiger partial charge in [-0.25, -0.2) is 4.79 Å². The Hall–Kier alpha value is -2.77. The zero-order valence-corrected chi connectivity index (χ0v) is 14.9. The summed E-state index contributed by atoms with van der Waals surface area (Å²) < 4.78 is 11.4. The summed E-state index contributed by atoms with van der Waals surface area (Å²) in [5, 5.41) is 5.40. The van der Waals surface area contributed by atoms with E-state index in [4.69, 9.17) is 9.47 Å². The molecule has 2 aliphatic rings. The Labute approximate surface area is 151 Å². The number of benzene rings is 1. The zero-order chi connectivity index (χ0) is 18.7. The first-order valence-corrected chi connectivity index (χ1v) is 8.78. The second-order valence-electron chi connectivity index (χ2n) is 6.41. The predicted octanol–water partition coefficient (Wildman–Crippen LogP) is 1.05. The summed E-state index contributed by atoms with van der Waals surface area (Å²) in [5.74, 6) is 0.528. The van der Waals surface area contributed by atoms with E-state index in [2.05, 4.69) is 10.6 Å². The van der Waals surface area contributed by atoms with E-state index >= 15 is 0 Å². The van der Waals surface area contributed by atoms with Crippen LogP contribution in [0.5, 0.6) is 11.5 Å². The third kappa shape index (κ3) is 3.31. The SMILES string of the molecule is CCC1(CC)NC(=O)N(CC(=O)NCC2COc3ccccc3O2)C1=O. The van der Waals surface area contributed by atoms with E-state index in [1.165, 1.54) is 0 Å². The fraction of sp³-hybridized carbons (Fsp3) is 0.500. The number of carbonyl (C=O) groups is 3. The summed E-state index contributed by atoms with van der Waals surface area (Å²) in [6.45, 7) is 3.91. The summed E-state index contributed by atoms with van der Waals surface area (Å²) in [4.78, 5) is 37.7. The van der Waals surface area contributed by atoms with E-state index < -0.39 is 17.5 Å². The molecule has 140 valence electrons. The van der Waals surface area contributed by atoms with Crippen LogP contribution >= 0.6 is 0 Å². The van der Waals surface area contributed by atoms with Gasteiger partial charge in [0.2, 0.25) is 5.91 Å². The summed E-state index contributed by atoms with van der Waals surface area (Å²) in [5.41, 5.74) is -0.901. The Morgan fingerprint density at radius 1 is 1.27 bits per heavy atom. The molecule has 1 fully saturated rings. The maximum absolute atomic E-state index is 12.5. The molecule has 0 saturated carbocycles. The maximum Gasteiger partial charge on any atom is 0.325 e. The van der Waals surface area contributed by atoms with Gasteiger partial charge in [-0.05, 0) is 25.0 Å². The fourth-order valence-corrected chi connectivity index (χ4v) is 3.14. The second-order valence-corrected chi connectivity index (χ2v) is 6.41. The van der Waals surface area contributed by atoms with Crippen LogP contribution < -0.4 is 20.1 Å². The van der Waals surface area contributed by atoms with Gasteiger partial charge in [-0.1, -0.05) is 26.0 Å². The lowest BCUT2D eigenvalue weighted by Crippen LogP contribution is -2.47. The Balaban J connectivity index is 1.52. The van der Waals surface area contributed by atoms with Gasteiger partial charge in [0.25, 0.3) is 5.91 Å². The molecular formula is C18H23N3O5. The number of rotatable bonds is 6. The van der Waals surface area contributed by atoms with Crippen LogP contribution in [0.15, 0.2) is 24.3 Å². The van der Waals surface area contributed by atoms with Gasteiger partial charge in [0.15, 0.2) is 11.5 Å². The molecule has 1 unspecified atom stereocenters. The summed E-state index contributed by atoms with van der Waals surface area (Å²) in [7, 11) is 0. The molecule has 0 spiro atoms. The van der Waals surface area contributed by atoms with Gasteiger partial charge in [-0.3, -0.25) is 14.5 Å². The molecule has 2 aliphatic heterocycles. The Morgan fingerprint density at radius 2 is 1.96 bits per heavy atom. The fourth-order valence-electron chi connectivity index (χ4n) is 3.14. The van der Waals surface area contributed by atoms with Gasteiger partial charge in [0.1, 0.15) is 24.8 Å². The quantitative estimate of drug-likeness (QED) is 0.739. The van der Waals surface area contributed by atoms with Crippen LogP contribution in [0.4, 0.5) is 4.79 Å². The molecule has 26 heavy (non-hydrogen) atoms. The highest BCUT2D eigenvalue weighted by atomic mass is 16.6.